The number of hydrogen-bond acceptors (Lipinski definition) is 7. The van der Waals surface area contributed by atoms with Crippen molar-refractivity contribution in [3.05, 3.63) is 93.1 Å². The summed E-state index contributed by atoms with van der Waals surface area (Å²) in [7, 11) is 0. The maximum Gasteiger partial charge on any atom is 0.204 e. The fourth-order valence-corrected chi connectivity index (χ4v) is 4.95. The Morgan fingerprint density at radius 2 is 2.00 bits per heavy atom. The predicted octanol–water partition coefficient (Wildman–Crippen LogP) is 5.87. The highest BCUT2D eigenvalue weighted by molar-refractivity contribution is 7.98. The van der Waals surface area contributed by atoms with Gasteiger partial charge >= 0.3 is 0 Å². The lowest BCUT2D eigenvalue weighted by Crippen LogP contribution is -1.99. The lowest BCUT2D eigenvalue weighted by Gasteiger charge is -2.03. The van der Waals surface area contributed by atoms with Crippen molar-refractivity contribution in [1.29, 1.82) is 0 Å². The Morgan fingerprint density at radius 3 is 2.79 bits per heavy atom. The van der Waals surface area contributed by atoms with Gasteiger partial charge in [-0.1, -0.05) is 35.6 Å². The van der Waals surface area contributed by atoms with Gasteiger partial charge in [-0.3, -0.25) is 4.79 Å². The summed E-state index contributed by atoms with van der Waals surface area (Å²) in [5.41, 5.74) is 1.59. The number of nitrogens with zero attached hydrogens (tertiary/aromatic N) is 2. The van der Waals surface area contributed by atoms with E-state index in [0.29, 0.717) is 22.1 Å². The minimum Gasteiger partial charge on any atom is -0.357 e. The molecule has 0 radical (unpaired) electrons. The second-order valence-electron chi connectivity index (χ2n) is 6.08. The van der Waals surface area contributed by atoms with Crippen LogP contribution in [0.2, 0.25) is 0 Å². The number of nitrogens with one attached hydrogen (secondary N) is 1. The quantitative estimate of drug-likeness (QED) is 0.274. The lowest BCUT2D eigenvalue weighted by molar-refractivity contribution is 0.104. The van der Waals surface area contributed by atoms with Crippen LogP contribution in [-0.2, 0) is 12.3 Å². The van der Waals surface area contributed by atoms with Crippen LogP contribution < -0.4 is 5.32 Å². The highest BCUT2D eigenvalue weighted by atomic mass is 32.2. The number of hydrogen-bond donors (Lipinski definition) is 1. The zero-order valence-electron chi connectivity index (χ0n) is 15.2. The van der Waals surface area contributed by atoms with Crippen LogP contribution in [0.3, 0.4) is 0 Å². The molecule has 8 heteroatoms. The molecule has 0 atom stereocenters. The largest absolute Gasteiger partial charge is 0.357 e. The van der Waals surface area contributed by atoms with Gasteiger partial charge in [-0.25, -0.2) is 14.4 Å². The summed E-state index contributed by atoms with van der Waals surface area (Å²) in [6.07, 6.45) is 3.39. The summed E-state index contributed by atoms with van der Waals surface area (Å²) in [5, 5.41) is 6.86. The van der Waals surface area contributed by atoms with Gasteiger partial charge in [0.05, 0.1) is 16.8 Å². The van der Waals surface area contributed by atoms with Crippen molar-refractivity contribution in [2.75, 3.05) is 5.32 Å². The Hall–Kier alpha value is -2.55. The number of thiazole rings is 2. The van der Waals surface area contributed by atoms with E-state index >= 15 is 0 Å². The molecular weight excluding hydrogens is 425 g/mol. The lowest BCUT2D eigenvalue weighted by atomic mass is 10.1. The van der Waals surface area contributed by atoms with E-state index in [-0.39, 0.29) is 11.6 Å². The molecule has 0 amide bonds. The van der Waals surface area contributed by atoms with Gasteiger partial charge in [0.15, 0.2) is 5.13 Å². The van der Waals surface area contributed by atoms with Crippen molar-refractivity contribution < 1.29 is 9.18 Å². The molecule has 2 aromatic heterocycles. The highest BCUT2D eigenvalue weighted by Gasteiger charge is 2.14. The summed E-state index contributed by atoms with van der Waals surface area (Å²) in [6, 6.07) is 13.9. The van der Waals surface area contributed by atoms with Gasteiger partial charge in [-0.15, -0.1) is 23.1 Å². The van der Waals surface area contributed by atoms with Gasteiger partial charge in [0, 0.05) is 28.6 Å². The second kappa shape index (κ2) is 9.30. The van der Waals surface area contributed by atoms with Crippen LogP contribution in [0.5, 0.6) is 0 Å². The molecule has 146 valence electrons. The number of anilines is 1. The van der Waals surface area contributed by atoms with Crippen LogP contribution in [0.4, 0.5) is 9.52 Å². The monoisotopic (exact) mass is 441 g/mol. The molecular formula is C21H16FN3OS3. The molecule has 0 aliphatic rings. The average Bonchev–Trinajstić information content (AvgIpc) is 3.44. The Labute approximate surface area is 179 Å². The molecule has 0 saturated heterocycles. The third-order valence-corrected chi connectivity index (χ3v) is 6.95. The third kappa shape index (κ3) is 5.29. The van der Waals surface area contributed by atoms with Gasteiger partial charge in [-0.05, 0) is 29.8 Å². The Morgan fingerprint density at radius 1 is 1.14 bits per heavy atom. The predicted molar refractivity (Wildman–Crippen MR) is 117 cm³/mol. The molecule has 4 aromatic rings. The molecule has 0 unspecified atom stereocenters. The van der Waals surface area contributed by atoms with Crippen molar-refractivity contribution in [2.45, 2.75) is 17.2 Å². The summed E-state index contributed by atoms with van der Waals surface area (Å²) >= 11 is 4.60. The molecule has 0 aliphatic heterocycles. The topological polar surface area (TPSA) is 54.9 Å². The Bertz CT molecular complexity index is 1090. The van der Waals surface area contributed by atoms with Crippen molar-refractivity contribution in [1.82, 2.24) is 9.97 Å². The van der Waals surface area contributed by atoms with Gasteiger partial charge < -0.3 is 5.32 Å². The zero-order chi connectivity index (χ0) is 20.1. The molecule has 2 aromatic carbocycles. The third-order valence-electron chi connectivity index (χ3n) is 4.03. The van der Waals surface area contributed by atoms with E-state index in [1.54, 1.807) is 47.6 Å². The van der Waals surface area contributed by atoms with Crippen LogP contribution in [0.15, 0.2) is 71.2 Å². The molecule has 4 nitrogen and oxygen atoms in total. The number of carbonyl (C=O) groups is 1. The van der Waals surface area contributed by atoms with Crippen LogP contribution in [0.25, 0.3) is 0 Å². The average molecular weight is 442 g/mol. The molecule has 0 bridgehead atoms. The first-order valence-corrected chi connectivity index (χ1v) is 11.5. The van der Waals surface area contributed by atoms with Gasteiger partial charge in [0.2, 0.25) is 5.78 Å². The standard InChI is InChI=1S/C21H16FN3OS3/c22-16-6-4-14(5-7-16)11-24-21-25-12-18(29-21)20(26)15-2-1-3-17(10-15)28-13-19-23-8-9-27-19/h1-10,12H,11,13H2,(H,24,25). The van der Waals surface area contributed by atoms with Gasteiger partial charge in [-0.2, -0.15) is 0 Å². The SMILES string of the molecule is O=C(c1cccc(SCc2nccs2)c1)c1cnc(NCc2ccc(F)cc2)s1. The summed E-state index contributed by atoms with van der Waals surface area (Å²) in [6.45, 7) is 0.518. The van der Waals surface area contributed by atoms with Crippen molar-refractivity contribution >= 4 is 45.4 Å². The minimum absolute atomic E-state index is 0.0472. The number of thioether (sulfide) groups is 1. The first-order valence-electron chi connectivity index (χ1n) is 8.77. The maximum absolute atomic E-state index is 13.0. The number of benzene rings is 2. The van der Waals surface area contributed by atoms with Crippen LogP contribution >= 0.6 is 34.4 Å². The first kappa shape index (κ1) is 19.8. The summed E-state index contributed by atoms with van der Waals surface area (Å²) in [4.78, 5) is 23.0. The van der Waals surface area contributed by atoms with E-state index in [1.807, 2.05) is 29.6 Å². The van der Waals surface area contributed by atoms with Crippen LogP contribution in [0.1, 0.15) is 25.8 Å². The van der Waals surface area contributed by atoms with E-state index in [9.17, 15) is 9.18 Å². The zero-order valence-corrected chi connectivity index (χ0v) is 17.6. The highest BCUT2D eigenvalue weighted by Crippen LogP contribution is 2.27. The fourth-order valence-electron chi connectivity index (χ4n) is 2.58. The molecule has 1 N–H and O–H groups in total. The first-order chi connectivity index (χ1) is 14.2. The van der Waals surface area contributed by atoms with E-state index in [4.69, 9.17) is 0 Å². The van der Waals surface area contributed by atoms with Gasteiger partial charge in [0.1, 0.15) is 10.8 Å². The Balaban J connectivity index is 1.39. The number of rotatable bonds is 8. The van der Waals surface area contributed by atoms with E-state index in [2.05, 4.69) is 15.3 Å². The number of ketones is 1. The maximum atomic E-state index is 13.0. The molecule has 4 rings (SSSR count). The second-order valence-corrected chi connectivity index (χ2v) is 9.14. The number of aromatic nitrogens is 2. The molecule has 0 fully saturated rings. The Kier molecular flexibility index (Phi) is 6.33. The summed E-state index contributed by atoms with van der Waals surface area (Å²) < 4.78 is 13.0. The number of halogens is 1. The molecule has 0 spiro atoms. The van der Waals surface area contributed by atoms with E-state index in [0.717, 1.165) is 21.2 Å². The van der Waals surface area contributed by atoms with Crippen molar-refractivity contribution in [3.63, 3.8) is 0 Å². The van der Waals surface area contributed by atoms with Crippen LogP contribution in [0, 0.1) is 5.82 Å². The van der Waals surface area contributed by atoms with E-state index in [1.165, 1.54) is 23.5 Å². The summed E-state index contributed by atoms with van der Waals surface area (Å²) in [5.74, 6) is 0.477. The number of carbonyl (C=O) groups excluding carboxylic acids is 1. The fraction of sp³-hybridized carbons (Fsp3) is 0.0952. The molecule has 0 aliphatic carbocycles. The van der Waals surface area contributed by atoms with Crippen molar-refractivity contribution in [3.8, 4) is 0 Å². The molecule has 0 saturated carbocycles. The minimum atomic E-state index is -0.261. The molecule has 29 heavy (non-hydrogen) atoms. The smallest absolute Gasteiger partial charge is 0.204 e. The van der Waals surface area contributed by atoms with E-state index < -0.39 is 0 Å². The van der Waals surface area contributed by atoms with Gasteiger partial charge in [0.25, 0.3) is 0 Å². The van der Waals surface area contributed by atoms with Crippen molar-refractivity contribution in [2.24, 2.45) is 0 Å². The normalized spacial score (nSPS) is 10.8. The van der Waals surface area contributed by atoms with Crippen LogP contribution in [-0.4, -0.2) is 15.8 Å². The molecule has 2 heterocycles.